The van der Waals surface area contributed by atoms with E-state index in [0.29, 0.717) is 16.1 Å². The fourth-order valence-electron chi connectivity index (χ4n) is 1.18. The number of carbonyl (C=O) groups excluding carboxylic acids is 1. The van der Waals surface area contributed by atoms with E-state index in [9.17, 15) is 9.18 Å². The van der Waals surface area contributed by atoms with Crippen molar-refractivity contribution in [2.75, 3.05) is 5.88 Å². The van der Waals surface area contributed by atoms with Gasteiger partial charge >= 0.3 is 0 Å². The van der Waals surface area contributed by atoms with Gasteiger partial charge in [-0.25, -0.2) is 4.39 Å². The van der Waals surface area contributed by atoms with Crippen molar-refractivity contribution >= 4 is 29.0 Å². The minimum Gasteiger partial charge on any atom is -0.298 e. The Hall–Kier alpha value is -0.600. The van der Waals surface area contributed by atoms with E-state index in [0.717, 1.165) is 0 Å². The first-order valence-corrected chi connectivity index (χ1v) is 5.00. The molecule has 0 radical (unpaired) electrons. The van der Waals surface area contributed by atoms with Gasteiger partial charge in [-0.2, -0.15) is 0 Å². The van der Waals surface area contributed by atoms with E-state index in [4.69, 9.17) is 23.2 Å². The Morgan fingerprint density at radius 2 is 2.14 bits per heavy atom. The zero-order chi connectivity index (χ0) is 10.6. The molecular weight excluding hydrogens is 226 g/mol. The lowest BCUT2D eigenvalue weighted by molar-refractivity contribution is -0.116. The summed E-state index contributed by atoms with van der Waals surface area (Å²) in [6.45, 7) is -0.662. The molecule has 14 heavy (non-hydrogen) atoms. The summed E-state index contributed by atoms with van der Waals surface area (Å²) in [5.41, 5.74) is 0.998. The van der Waals surface area contributed by atoms with Gasteiger partial charge in [0.05, 0.1) is 5.88 Å². The van der Waals surface area contributed by atoms with E-state index in [-0.39, 0.29) is 18.1 Å². The molecule has 1 aromatic carbocycles. The Morgan fingerprint density at radius 3 is 2.71 bits per heavy atom. The van der Waals surface area contributed by atoms with E-state index in [1.165, 1.54) is 0 Å². The number of rotatable bonds is 4. The van der Waals surface area contributed by atoms with Crippen LogP contribution in [-0.4, -0.2) is 11.7 Å². The molecule has 0 spiro atoms. The van der Waals surface area contributed by atoms with Crippen molar-refractivity contribution < 1.29 is 9.18 Å². The monoisotopic (exact) mass is 234 g/mol. The van der Waals surface area contributed by atoms with Crippen LogP contribution < -0.4 is 0 Å². The number of ketones is 1. The van der Waals surface area contributed by atoms with Gasteiger partial charge in [-0.1, -0.05) is 23.7 Å². The van der Waals surface area contributed by atoms with Gasteiger partial charge in [0.1, 0.15) is 6.67 Å². The van der Waals surface area contributed by atoms with E-state index in [1.54, 1.807) is 18.2 Å². The van der Waals surface area contributed by atoms with Crippen LogP contribution in [0.2, 0.25) is 5.02 Å². The Morgan fingerprint density at radius 1 is 1.43 bits per heavy atom. The topological polar surface area (TPSA) is 17.1 Å². The summed E-state index contributed by atoms with van der Waals surface area (Å²) in [4.78, 5) is 11.1. The zero-order valence-electron chi connectivity index (χ0n) is 7.40. The number of hydrogen-bond donors (Lipinski definition) is 0. The molecule has 4 heteroatoms. The first-order valence-electron chi connectivity index (χ1n) is 4.09. The molecule has 1 nitrogen and oxygen atoms in total. The highest BCUT2D eigenvalue weighted by Crippen LogP contribution is 2.21. The van der Waals surface area contributed by atoms with Crippen molar-refractivity contribution in [3.05, 3.63) is 34.3 Å². The lowest BCUT2D eigenvalue weighted by Gasteiger charge is -2.06. The van der Waals surface area contributed by atoms with Crippen molar-refractivity contribution in [3.63, 3.8) is 0 Å². The normalized spacial score (nSPS) is 10.2. The molecule has 0 aromatic heterocycles. The van der Waals surface area contributed by atoms with Gasteiger partial charge in [0, 0.05) is 17.0 Å². The molecule has 1 aromatic rings. The van der Waals surface area contributed by atoms with Gasteiger partial charge in [-0.15, -0.1) is 11.6 Å². The molecule has 0 aliphatic carbocycles. The van der Waals surface area contributed by atoms with E-state index < -0.39 is 6.67 Å². The van der Waals surface area contributed by atoms with Crippen LogP contribution in [0, 0.1) is 0 Å². The third kappa shape index (κ3) is 2.69. The van der Waals surface area contributed by atoms with Gasteiger partial charge < -0.3 is 0 Å². The van der Waals surface area contributed by atoms with E-state index in [2.05, 4.69) is 0 Å². The summed E-state index contributed by atoms with van der Waals surface area (Å²) >= 11 is 11.1. The van der Waals surface area contributed by atoms with Crippen molar-refractivity contribution in [1.82, 2.24) is 0 Å². The van der Waals surface area contributed by atoms with Crippen LogP contribution in [0.3, 0.4) is 0 Å². The first-order chi connectivity index (χ1) is 6.69. The molecule has 0 fully saturated rings. The molecule has 0 bridgehead atoms. The molecule has 0 atom stereocenters. The number of carbonyl (C=O) groups is 1. The van der Waals surface area contributed by atoms with Gasteiger partial charge in [0.25, 0.3) is 0 Å². The van der Waals surface area contributed by atoms with Crippen LogP contribution >= 0.6 is 23.2 Å². The minimum absolute atomic E-state index is 0.0573. The molecule has 76 valence electrons. The quantitative estimate of drug-likeness (QED) is 0.732. The highest BCUT2D eigenvalue weighted by molar-refractivity contribution is 6.31. The molecule has 0 unspecified atom stereocenters. The molecule has 0 saturated carbocycles. The highest BCUT2D eigenvalue weighted by atomic mass is 35.5. The molecule has 0 N–H and O–H groups in total. The summed E-state index contributed by atoms with van der Waals surface area (Å²) in [5, 5.41) is 0.354. The number of Topliss-reactive ketones (excluding diaryl/α,β-unsaturated/α-hetero) is 1. The SMILES string of the molecule is O=C(CCl)Cc1cccc(Cl)c1CF. The second kappa shape index (κ2) is 5.32. The molecule has 0 aliphatic rings. The maximum absolute atomic E-state index is 12.6. The van der Waals surface area contributed by atoms with Crippen molar-refractivity contribution in [1.29, 1.82) is 0 Å². The third-order valence-electron chi connectivity index (χ3n) is 1.89. The van der Waals surface area contributed by atoms with Crippen molar-refractivity contribution in [2.45, 2.75) is 13.1 Å². The minimum atomic E-state index is -0.662. The maximum atomic E-state index is 12.6. The summed E-state index contributed by atoms with van der Waals surface area (Å²) in [6, 6.07) is 4.98. The van der Waals surface area contributed by atoms with Crippen molar-refractivity contribution in [2.24, 2.45) is 0 Å². The Labute approximate surface area is 91.8 Å². The predicted octanol–water partition coefficient (Wildman–Crippen LogP) is 3.16. The van der Waals surface area contributed by atoms with Gasteiger partial charge in [-0.05, 0) is 11.6 Å². The van der Waals surface area contributed by atoms with Crippen LogP contribution in [0.25, 0.3) is 0 Å². The number of halogens is 3. The Balaban J connectivity index is 2.96. The zero-order valence-corrected chi connectivity index (χ0v) is 8.91. The molecule has 1 rings (SSSR count). The fourth-order valence-corrected chi connectivity index (χ4v) is 1.52. The lowest BCUT2D eigenvalue weighted by Crippen LogP contribution is -2.06. The average Bonchev–Trinajstić information content (AvgIpc) is 2.18. The predicted molar refractivity (Wildman–Crippen MR) is 55.7 cm³/mol. The summed E-state index contributed by atoms with van der Waals surface area (Å²) in [6.07, 6.45) is 0.142. The first kappa shape index (κ1) is 11.5. The van der Waals surface area contributed by atoms with Crippen LogP contribution in [0.4, 0.5) is 4.39 Å². The standard InChI is InChI=1S/C10H9Cl2FO/c11-5-8(14)4-7-2-1-3-10(12)9(7)6-13/h1-3H,4-6H2. The van der Waals surface area contributed by atoms with E-state index >= 15 is 0 Å². The van der Waals surface area contributed by atoms with Crippen molar-refractivity contribution in [3.8, 4) is 0 Å². The second-order valence-electron chi connectivity index (χ2n) is 2.86. The average molecular weight is 235 g/mol. The van der Waals surface area contributed by atoms with Crippen LogP contribution in [-0.2, 0) is 17.9 Å². The number of benzene rings is 1. The summed E-state index contributed by atoms with van der Waals surface area (Å²) in [7, 11) is 0. The lowest BCUT2D eigenvalue weighted by atomic mass is 10.0. The highest BCUT2D eigenvalue weighted by Gasteiger charge is 2.09. The Kier molecular flexibility index (Phi) is 4.36. The maximum Gasteiger partial charge on any atom is 0.151 e. The molecule has 0 amide bonds. The number of alkyl halides is 2. The molecule has 0 aliphatic heterocycles. The second-order valence-corrected chi connectivity index (χ2v) is 3.53. The molecule has 0 heterocycles. The van der Waals surface area contributed by atoms with Gasteiger partial charge in [0.2, 0.25) is 0 Å². The molecule has 0 saturated heterocycles. The van der Waals surface area contributed by atoms with E-state index in [1.807, 2.05) is 0 Å². The van der Waals surface area contributed by atoms with Gasteiger partial charge in [0.15, 0.2) is 5.78 Å². The summed E-state index contributed by atoms with van der Waals surface area (Å²) in [5.74, 6) is -0.193. The third-order valence-corrected chi connectivity index (χ3v) is 2.54. The fraction of sp³-hybridized carbons (Fsp3) is 0.300. The molecular formula is C10H9Cl2FO. The largest absolute Gasteiger partial charge is 0.298 e. The smallest absolute Gasteiger partial charge is 0.151 e. The van der Waals surface area contributed by atoms with Crippen LogP contribution in [0.15, 0.2) is 18.2 Å². The number of hydrogen-bond acceptors (Lipinski definition) is 1. The van der Waals surface area contributed by atoms with Gasteiger partial charge in [-0.3, -0.25) is 4.79 Å². The van der Waals surface area contributed by atoms with Crippen LogP contribution in [0.1, 0.15) is 11.1 Å². The Bertz CT molecular complexity index is 339. The summed E-state index contributed by atoms with van der Waals surface area (Å²) < 4.78 is 12.6. The van der Waals surface area contributed by atoms with Crippen LogP contribution in [0.5, 0.6) is 0 Å².